The number of pyridine rings is 1. The Morgan fingerprint density at radius 1 is 0.941 bits per heavy atom. The first-order valence-corrected chi connectivity index (χ1v) is 5.21. The standard InChI is InChI=1S/C13H9N3O/c1-2-4-11(5-3-1)17-13-15-8-10-6-7-14-9-12(10)16-13/h1-9H. The van der Waals surface area contributed by atoms with Gasteiger partial charge >= 0.3 is 6.01 Å². The van der Waals surface area contributed by atoms with Gasteiger partial charge in [-0.15, -0.1) is 0 Å². The number of ether oxygens (including phenoxy) is 1. The largest absolute Gasteiger partial charge is 0.424 e. The molecule has 1 aromatic carbocycles. The molecule has 4 nitrogen and oxygen atoms in total. The molecule has 0 radical (unpaired) electrons. The summed E-state index contributed by atoms with van der Waals surface area (Å²) in [5, 5.41) is 0.945. The molecule has 3 aromatic rings. The van der Waals surface area contributed by atoms with Crippen molar-refractivity contribution in [1.82, 2.24) is 15.0 Å². The number of benzene rings is 1. The molecule has 17 heavy (non-hydrogen) atoms. The molecule has 3 rings (SSSR count). The Hall–Kier alpha value is -2.49. The third-order valence-electron chi connectivity index (χ3n) is 2.32. The van der Waals surface area contributed by atoms with Gasteiger partial charge in [0.2, 0.25) is 0 Å². The summed E-state index contributed by atoms with van der Waals surface area (Å²) in [4.78, 5) is 12.4. The maximum absolute atomic E-state index is 5.54. The van der Waals surface area contributed by atoms with E-state index in [9.17, 15) is 0 Å². The molecular formula is C13H9N3O. The van der Waals surface area contributed by atoms with Crippen LogP contribution in [0.3, 0.4) is 0 Å². The van der Waals surface area contributed by atoms with Crippen molar-refractivity contribution >= 4 is 10.9 Å². The normalized spacial score (nSPS) is 10.4. The fourth-order valence-electron chi connectivity index (χ4n) is 1.50. The minimum absolute atomic E-state index is 0.330. The average molecular weight is 223 g/mol. The SMILES string of the molecule is c1ccc(Oc2ncc3ccncc3n2)cc1. The Morgan fingerprint density at radius 3 is 2.71 bits per heavy atom. The van der Waals surface area contributed by atoms with Crippen molar-refractivity contribution in [3.63, 3.8) is 0 Å². The van der Waals surface area contributed by atoms with E-state index in [-0.39, 0.29) is 0 Å². The van der Waals surface area contributed by atoms with Gasteiger partial charge in [-0.2, -0.15) is 4.98 Å². The summed E-state index contributed by atoms with van der Waals surface area (Å²) in [6.45, 7) is 0. The second-order valence-corrected chi connectivity index (χ2v) is 3.50. The summed E-state index contributed by atoms with van der Waals surface area (Å²) >= 11 is 0. The Morgan fingerprint density at radius 2 is 1.82 bits per heavy atom. The van der Waals surface area contributed by atoms with E-state index in [0.29, 0.717) is 6.01 Å². The summed E-state index contributed by atoms with van der Waals surface area (Å²) in [5.74, 6) is 0.718. The third-order valence-corrected chi connectivity index (χ3v) is 2.32. The van der Waals surface area contributed by atoms with Gasteiger partial charge in [-0.05, 0) is 18.2 Å². The van der Waals surface area contributed by atoms with Crippen LogP contribution in [0.25, 0.3) is 10.9 Å². The molecule has 0 unspecified atom stereocenters. The Kier molecular flexibility index (Phi) is 2.38. The van der Waals surface area contributed by atoms with Gasteiger partial charge in [0, 0.05) is 17.8 Å². The first kappa shape index (κ1) is 9.72. The monoisotopic (exact) mass is 223 g/mol. The summed E-state index contributed by atoms with van der Waals surface area (Å²) < 4.78 is 5.54. The van der Waals surface area contributed by atoms with Gasteiger partial charge in [-0.25, -0.2) is 4.98 Å². The van der Waals surface area contributed by atoms with E-state index in [4.69, 9.17) is 4.74 Å². The van der Waals surface area contributed by atoms with Gasteiger partial charge in [0.25, 0.3) is 0 Å². The molecule has 0 atom stereocenters. The van der Waals surface area contributed by atoms with Crippen molar-refractivity contribution in [3.8, 4) is 11.8 Å². The summed E-state index contributed by atoms with van der Waals surface area (Å²) in [6, 6.07) is 11.6. The van der Waals surface area contributed by atoms with E-state index in [1.807, 2.05) is 36.4 Å². The molecule has 0 bridgehead atoms. The highest BCUT2D eigenvalue weighted by Crippen LogP contribution is 2.18. The molecule has 0 saturated carbocycles. The van der Waals surface area contributed by atoms with Crippen LogP contribution in [0.2, 0.25) is 0 Å². The van der Waals surface area contributed by atoms with Crippen LogP contribution >= 0.6 is 0 Å². The zero-order valence-electron chi connectivity index (χ0n) is 8.95. The van der Waals surface area contributed by atoms with Crippen LogP contribution in [-0.4, -0.2) is 15.0 Å². The van der Waals surface area contributed by atoms with Gasteiger partial charge in [0.05, 0.1) is 11.7 Å². The van der Waals surface area contributed by atoms with Crippen LogP contribution in [0, 0.1) is 0 Å². The van der Waals surface area contributed by atoms with Crippen molar-refractivity contribution in [2.75, 3.05) is 0 Å². The number of rotatable bonds is 2. The van der Waals surface area contributed by atoms with E-state index < -0.39 is 0 Å². The second kappa shape index (κ2) is 4.17. The summed E-state index contributed by atoms with van der Waals surface area (Å²) in [7, 11) is 0. The van der Waals surface area contributed by atoms with Gasteiger partial charge in [-0.1, -0.05) is 18.2 Å². The molecule has 0 spiro atoms. The highest BCUT2D eigenvalue weighted by molar-refractivity contribution is 5.76. The first-order chi connectivity index (χ1) is 8.42. The van der Waals surface area contributed by atoms with E-state index in [1.54, 1.807) is 18.6 Å². The highest BCUT2D eigenvalue weighted by Gasteiger charge is 2.01. The molecule has 2 heterocycles. The number of hydrogen-bond donors (Lipinski definition) is 0. The van der Waals surface area contributed by atoms with Crippen LogP contribution in [0.5, 0.6) is 11.8 Å². The van der Waals surface area contributed by atoms with Crippen LogP contribution in [-0.2, 0) is 0 Å². The van der Waals surface area contributed by atoms with E-state index in [0.717, 1.165) is 16.7 Å². The van der Waals surface area contributed by atoms with Crippen LogP contribution < -0.4 is 4.74 Å². The predicted octanol–water partition coefficient (Wildman–Crippen LogP) is 2.82. The molecule has 0 saturated heterocycles. The lowest BCUT2D eigenvalue weighted by molar-refractivity contribution is 0.444. The molecular weight excluding hydrogens is 214 g/mol. The predicted molar refractivity (Wildman–Crippen MR) is 63.8 cm³/mol. The zero-order chi connectivity index (χ0) is 11.5. The maximum atomic E-state index is 5.54. The second-order valence-electron chi connectivity index (χ2n) is 3.50. The van der Waals surface area contributed by atoms with Crippen molar-refractivity contribution in [2.24, 2.45) is 0 Å². The molecule has 0 fully saturated rings. The van der Waals surface area contributed by atoms with Crippen molar-refractivity contribution in [3.05, 3.63) is 55.0 Å². The number of fused-ring (bicyclic) bond motifs is 1. The molecule has 0 aliphatic rings. The molecule has 0 N–H and O–H groups in total. The molecule has 2 aromatic heterocycles. The number of hydrogen-bond acceptors (Lipinski definition) is 4. The quantitative estimate of drug-likeness (QED) is 0.670. The minimum Gasteiger partial charge on any atom is -0.424 e. The first-order valence-electron chi connectivity index (χ1n) is 5.21. The lowest BCUT2D eigenvalue weighted by Crippen LogP contribution is -1.92. The van der Waals surface area contributed by atoms with Crippen molar-refractivity contribution in [1.29, 1.82) is 0 Å². The van der Waals surface area contributed by atoms with Crippen LogP contribution in [0.4, 0.5) is 0 Å². The lowest BCUT2D eigenvalue weighted by atomic mass is 10.3. The third kappa shape index (κ3) is 2.06. The van der Waals surface area contributed by atoms with Crippen LogP contribution in [0.15, 0.2) is 55.0 Å². The molecule has 0 amide bonds. The zero-order valence-corrected chi connectivity index (χ0v) is 8.95. The minimum atomic E-state index is 0.330. The highest BCUT2D eigenvalue weighted by atomic mass is 16.5. The fraction of sp³-hybridized carbons (Fsp3) is 0. The van der Waals surface area contributed by atoms with E-state index in [2.05, 4.69) is 15.0 Å². The van der Waals surface area contributed by atoms with Crippen molar-refractivity contribution in [2.45, 2.75) is 0 Å². The summed E-state index contributed by atoms with van der Waals surface area (Å²) in [6.07, 6.45) is 5.13. The topological polar surface area (TPSA) is 47.9 Å². The van der Waals surface area contributed by atoms with Gasteiger partial charge in [0.15, 0.2) is 0 Å². The number of nitrogens with zero attached hydrogens (tertiary/aromatic N) is 3. The molecule has 0 aliphatic carbocycles. The molecule has 82 valence electrons. The van der Waals surface area contributed by atoms with Crippen LogP contribution in [0.1, 0.15) is 0 Å². The molecule has 0 aliphatic heterocycles. The fourth-order valence-corrected chi connectivity index (χ4v) is 1.50. The summed E-state index contributed by atoms with van der Waals surface area (Å²) in [5.41, 5.74) is 0.772. The van der Waals surface area contributed by atoms with Gasteiger partial charge < -0.3 is 4.74 Å². The number of aromatic nitrogens is 3. The molecule has 4 heteroatoms. The number of para-hydroxylation sites is 1. The van der Waals surface area contributed by atoms with Crippen molar-refractivity contribution < 1.29 is 4.74 Å². The Labute approximate surface area is 97.9 Å². The van der Waals surface area contributed by atoms with Gasteiger partial charge in [0.1, 0.15) is 5.75 Å². The van der Waals surface area contributed by atoms with E-state index >= 15 is 0 Å². The van der Waals surface area contributed by atoms with Gasteiger partial charge in [-0.3, -0.25) is 4.98 Å². The average Bonchev–Trinajstić information content (AvgIpc) is 2.40. The van der Waals surface area contributed by atoms with E-state index in [1.165, 1.54) is 0 Å². The maximum Gasteiger partial charge on any atom is 0.322 e. The lowest BCUT2D eigenvalue weighted by Gasteiger charge is -2.03. The Bertz CT molecular complexity index is 640. The smallest absolute Gasteiger partial charge is 0.322 e. The Balaban J connectivity index is 1.96.